The van der Waals surface area contributed by atoms with E-state index < -0.39 is 0 Å². The minimum Gasteiger partial charge on any atom is -0.379 e. The van der Waals surface area contributed by atoms with E-state index in [1.54, 1.807) is 0 Å². The third kappa shape index (κ3) is 4.38. The van der Waals surface area contributed by atoms with Crippen molar-refractivity contribution in [1.29, 1.82) is 0 Å². The first-order chi connectivity index (χ1) is 13.7. The number of rotatable bonds is 5. The fourth-order valence-corrected chi connectivity index (χ4v) is 3.54. The molecule has 1 aromatic heterocycles. The number of nitrogens with zero attached hydrogens (tertiary/aromatic N) is 2. The minimum atomic E-state index is -0.0660. The zero-order valence-electron chi connectivity index (χ0n) is 16.1. The summed E-state index contributed by atoms with van der Waals surface area (Å²) in [6.07, 6.45) is 0.591. The molecule has 0 bridgehead atoms. The van der Waals surface area contributed by atoms with E-state index in [0.29, 0.717) is 12.2 Å². The molecule has 0 amide bonds. The molecule has 0 spiro atoms. The molecule has 1 aliphatic rings. The Kier molecular flexibility index (Phi) is 5.65. The van der Waals surface area contributed by atoms with Crippen molar-refractivity contribution in [1.82, 2.24) is 14.9 Å². The van der Waals surface area contributed by atoms with E-state index in [2.05, 4.69) is 27.0 Å². The zero-order valence-corrected chi connectivity index (χ0v) is 16.1. The Morgan fingerprint density at radius 2 is 1.71 bits per heavy atom. The van der Waals surface area contributed by atoms with Gasteiger partial charge in [0, 0.05) is 42.9 Å². The fraction of sp³-hybridized carbons (Fsp3) is 0.304. The molecule has 3 aromatic rings. The largest absolute Gasteiger partial charge is 0.379 e. The Balaban J connectivity index is 1.52. The molecule has 1 saturated heterocycles. The van der Waals surface area contributed by atoms with Gasteiger partial charge in [0.15, 0.2) is 0 Å². The van der Waals surface area contributed by atoms with Gasteiger partial charge in [-0.05, 0) is 18.1 Å². The standard InChI is InChI=1S/C23H25N3O2/c1-17-21(15-18-5-3-2-4-6-18)23(27)25-22(24-17)20-9-7-19(8-10-20)16-26-11-13-28-14-12-26/h2-10H,11-16H2,1H3,(H,24,25,27). The molecular weight excluding hydrogens is 350 g/mol. The number of nitrogens with one attached hydrogen (secondary N) is 1. The predicted molar refractivity (Wildman–Crippen MR) is 110 cm³/mol. The van der Waals surface area contributed by atoms with Crippen LogP contribution in [-0.4, -0.2) is 41.2 Å². The van der Waals surface area contributed by atoms with E-state index in [0.717, 1.165) is 55.2 Å². The number of benzene rings is 2. The summed E-state index contributed by atoms with van der Waals surface area (Å²) in [7, 11) is 0. The van der Waals surface area contributed by atoms with Gasteiger partial charge in [0.05, 0.1) is 13.2 Å². The van der Waals surface area contributed by atoms with E-state index in [1.807, 2.05) is 49.4 Å². The summed E-state index contributed by atoms with van der Waals surface area (Å²) in [6, 6.07) is 18.3. The minimum absolute atomic E-state index is 0.0660. The number of ether oxygens (including phenoxy) is 1. The van der Waals surface area contributed by atoms with Crippen molar-refractivity contribution in [2.45, 2.75) is 19.9 Å². The third-order valence-electron chi connectivity index (χ3n) is 5.18. The molecular formula is C23H25N3O2. The highest BCUT2D eigenvalue weighted by atomic mass is 16.5. The van der Waals surface area contributed by atoms with Crippen molar-refractivity contribution in [2.24, 2.45) is 0 Å². The summed E-state index contributed by atoms with van der Waals surface area (Å²) in [5.41, 5.74) is 4.73. The van der Waals surface area contributed by atoms with Crippen LogP contribution < -0.4 is 5.56 Å². The zero-order chi connectivity index (χ0) is 19.3. The first-order valence-corrected chi connectivity index (χ1v) is 9.72. The lowest BCUT2D eigenvalue weighted by molar-refractivity contribution is 0.0342. The molecule has 28 heavy (non-hydrogen) atoms. The van der Waals surface area contributed by atoms with E-state index in [4.69, 9.17) is 4.74 Å². The van der Waals surface area contributed by atoms with Crippen LogP contribution in [0.2, 0.25) is 0 Å². The first kappa shape index (κ1) is 18.6. The van der Waals surface area contributed by atoms with E-state index >= 15 is 0 Å². The lowest BCUT2D eigenvalue weighted by Crippen LogP contribution is -2.35. The topological polar surface area (TPSA) is 58.2 Å². The van der Waals surface area contributed by atoms with Crippen LogP contribution in [0, 0.1) is 6.92 Å². The van der Waals surface area contributed by atoms with Crippen LogP contribution in [0.25, 0.3) is 11.4 Å². The highest BCUT2D eigenvalue weighted by Crippen LogP contribution is 2.18. The van der Waals surface area contributed by atoms with Gasteiger partial charge in [0.25, 0.3) is 5.56 Å². The van der Waals surface area contributed by atoms with Crippen molar-refractivity contribution in [3.63, 3.8) is 0 Å². The van der Waals surface area contributed by atoms with E-state index in [-0.39, 0.29) is 5.56 Å². The number of aryl methyl sites for hydroxylation is 1. The van der Waals surface area contributed by atoms with Gasteiger partial charge < -0.3 is 9.72 Å². The van der Waals surface area contributed by atoms with E-state index in [1.165, 1.54) is 5.56 Å². The van der Waals surface area contributed by atoms with Crippen LogP contribution in [0.1, 0.15) is 22.4 Å². The summed E-state index contributed by atoms with van der Waals surface area (Å²) in [6.45, 7) is 6.37. The highest BCUT2D eigenvalue weighted by Gasteiger charge is 2.12. The van der Waals surface area contributed by atoms with Crippen molar-refractivity contribution >= 4 is 0 Å². The Labute approximate surface area is 165 Å². The molecule has 1 N–H and O–H groups in total. The van der Waals surface area contributed by atoms with Crippen LogP contribution in [0.3, 0.4) is 0 Å². The Morgan fingerprint density at radius 3 is 2.39 bits per heavy atom. The van der Waals surface area contributed by atoms with Crippen LogP contribution in [0.4, 0.5) is 0 Å². The molecule has 0 unspecified atom stereocenters. The van der Waals surface area contributed by atoms with Gasteiger partial charge >= 0.3 is 0 Å². The lowest BCUT2D eigenvalue weighted by atomic mass is 10.0. The summed E-state index contributed by atoms with van der Waals surface area (Å²) in [5, 5.41) is 0. The number of H-pyrrole nitrogens is 1. The average Bonchev–Trinajstić information content (AvgIpc) is 2.73. The van der Waals surface area contributed by atoms with Gasteiger partial charge in [-0.15, -0.1) is 0 Å². The SMILES string of the molecule is Cc1nc(-c2ccc(CN3CCOCC3)cc2)[nH]c(=O)c1Cc1ccccc1. The second kappa shape index (κ2) is 8.50. The van der Waals surface area contributed by atoms with Gasteiger partial charge in [0.1, 0.15) is 5.82 Å². The normalized spacial score (nSPS) is 14.9. The maximum atomic E-state index is 12.7. The molecule has 2 heterocycles. The number of aromatic amines is 1. The maximum absolute atomic E-state index is 12.7. The van der Waals surface area contributed by atoms with Crippen molar-refractivity contribution in [3.05, 3.63) is 87.3 Å². The predicted octanol–water partition coefficient (Wildman–Crippen LogP) is 3.17. The van der Waals surface area contributed by atoms with Crippen molar-refractivity contribution < 1.29 is 4.74 Å². The highest BCUT2D eigenvalue weighted by molar-refractivity contribution is 5.55. The van der Waals surface area contributed by atoms with Crippen LogP contribution in [-0.2, 0) is 17.7 Å². The molecule has 0 aliphatic carbocycles. The van der Waals surface area contributed by atoms with Crippen molar-refractivity contribution in [2.75, 3.05) is 26.3 Å². The van der Waals surface area contributed by atoms with Gasteiger partial charge in [0.2, 0.25) is 0 Å². The fourth-order valence-electron chi connectivity index (χ4n) is 3.54. The number of aromatic nitrogens is 2. The van der Waals surface area contributed by atoms with Crippen molar-refractivity contribution in [3.8, 4) is 11.4 Å². The van der Waals surface area contributed by atoms with E-state index in [9.17, 15) is 4.79 Å². The molecule has 5 heteroatoms. The average molecular weight is 375 g/mol. The summed E-state index contributed by atoms with van der Waals surface area (Å²) in [5.74, 6) is 0.622. The second-order valence-corrected chi connectivity index (χ2v) is 7.23. The molecule has 1 fully saturated rings. The summed E-state index contributed by atoms with van der Waals surface area (Å²) in [4.78, 5) is 22.7. The Bertz CT molecular complexity index is 975. The molecule has 0 radical (unpaired) electrons. The van der Waals surface area contributed by atoms with Gasteiger partial charge in [-0.2, -0.15) is 0 Å². The quantitative estimate of drug-likeness (QED) is 0.744. The molecule has 0 saturated carbocycles. The maximum Gasteiger partial charge on any atom is 0.254 e. The Morgan fingerprint density at radius 1 is 1.00 bits per heavy atom. The number of morpholine rings is 1. The van der Waals surface area contributed by atoms with Gasteiger partial charge in [-0.3, -0.25) is 9.69 Å². The third-order valence-corrected chi connectivity index (χ3v) is 5.18. The number of hydrogen-bond acceptors (Lipinski definition) is 4. The molecule has 144 valence electrons. The smallest absolute Gasteiger partial charge is 0.254 e. The van der Waals surface area contributed by atoms with Gasteiger partial charge in [-0.1, -0.05) is 54.6 Å². The molecule has 5 nitrogen and oxygen atoms in total. The summed E-state index contributed by atoms with van der Waals surface area (Å²) >= 11 is 0. The van der Waals surface area contributed by atoms with Crippen LogP contribution >= 0.6 is 0 Å². The Hall–Kier alpha value is -2.76. The molecule has 2 aromatic carbocycles. The molecule has 4 rings (SSSR count). The lowest BCUT2D eigenvalue weighted by Gasteiger charge is -2.26. The van der Waals surface area contributed by atoms with Crippen LogP contribution in [0.15, 0.2) is 59.4 Å². The molecule has 0 atom stereocenters. The second-order valence-electron chi connectivity index (χ2n) is 7.23. The summed E-state index contributed by atoms with van der Waals surface area (Å²) < 4.78 is 5.40. The number of hydrogen-bond donors (Lipinski definition) is 1. The molecule has 1 aliphatic heterocycles. The first-order valence-electron chi connectivity index (χ1n) is 9.72. The van der Waals surface area contributed by atoms with Gasteiger partial charge in [-0.25, -0.2) is 4.98 Å². The monoisotopic (exact) mass is 375 g/mol. The van der Waals surface area contributed by atoms with Crippen LogP contribution in [0.5, 0.6) is 0 Å².